The number of carbonyl (C=O) groups is 2. The lowest BCUT2D eigenvalue weighted by atomic mass is 9.98. The molecule has 0 saturated carbocycles. The quantitative estimate of drug-likeness (QED) is 0.116. The van der Waals surface area contributed by atoms with Gasteiger partial charge in [0, 0.05) is 71.9 Å². The van der Waals surface area contributed by atoms with E-state index in [9.17, 15) is 26.4 Å². The molecular weight excluding hydrogens is 1050 g/mol. The lowest BCUT2D eigenvalue weighted by Gasteiger charge is -2.35. The molecular formula is C51H67Cl3N12O6S2. The Morgan fingerprint density at radius 2 is 1.04 bits per heavy atom. The van der Waals surface area contributed by atoms with Crippen LogP contribution >= 0.6 is 34.8 Å². The lowest BCUT2D eigenvalue weighted by Crippen LogP contribution is -2.39. The van der Waals surface area contributed by atoms with Crippen LogP contribution < -0.4 is 19.7 Å². The zero-order valence-corrected chi connectivity index (χ0v) is 45.5. The van der Waals surface area contributed by atoms with Gasteiger partial charge in [-0.05, 0) is 134 Å². The molecule has 4 aliphatic heterocycles. The van der Waals surface area contributed by atoms with Crippen LogP contribution in [0.2, 0.25) is 15.2 Å². The molecule has 4 saturated heterocycles. The molecule has 0 bridgehead atoms. The van der Waals surface area contributed by atoms with Crippen molar-refractivity contribution in [1.29, 1.82) is 0 Å². The van der Waals surface area contributed by atoms with E-state index in [1.807, 2.05) is 25.3 Å². The van der Waals surface area contributed by atoms with Crippen LogP contribution in [0.4, 0.5) is 17.2 Å². The minimum atomic E-state index is -3.57. The second-order valence-electron chi connectivity index (χ2n) is 19.2. The number of benzene rings is 2. The van der Waals surface area contributed by atoms with E-state index in [0.29, 0.717) is 39.6 Å². The van der Waals surface area contributed by atoms with Crippen molar-refractivity contribution in [2.45, 2.75) is 110 Å². The molecule has 0 spiro atoms. The Labute approximate surface area is 449 Å². The van der Waals surface area contributed by atoms with Crippen molar-refractivity contribution in [2.24, 2.45) is 0 Å². The number of sulfonamides is 2. The molecule has 2 amide bonds. The number of aryl methyl sites for hydroxylation is 2. The van der Waals surface area contributed by atoms with Gasteiger partial charge in [-0.1, -0.05) is 48.7 Å². The second kappa shape index (κ2) is 24.6. The Morgan fingerprint density at radius 1 is 0.595 bits per heavy atom. The third-order valence-corrected chi connectivity index (χ3v) is 15.3. The third-order valence-electron chi connectivity index (χ3n) is 13.3. The highest BCUT2D eigenvalue weighted by molar-refractivity contribution is 7.92. The maximum Gasteiger partial charge on any atom is 0.256 e. The fraction of sp³-hybridized carbons (Fsp3) is 0.490. The van der Waals surface area contributed by atoms with Crippen molar-refractivity contribution in [2.75, 3.05) is 66.1 Å². The zero-order chi connectivity index (χ0) is 52.0. The standard InChI is InChI=1S/C25H31ClN6O3S.C20H21Cl2N5O3S.C5H11N.CH4/c1-17-16-32-23(27-24(17)30-11-5-3-6-12-30)15-21(28-32)22-8-4-7-13-31(22)25(33)19-14-18(26)9-10-20(19)29-36(2,34)35;1-12-11-27-18(23-19(12)22)10-16(24-27)17-5-3-4-8-26(17)20(28)14-9-13(21)6-7-15(14)25-31(2,29)30;1-2-4-6-5-3-1;/h9-10,14-16,22,29H,3-8,11-13H2,1-2H3;6-7,9-11,17,25H,3-5,8H2,1-2H3;6H,1-5H2;1H4/t22-;17-;;/m00../s1. The highest BCUT2D eigenvalue weighted by atomic mass is 35.5. The molecule has 2 atom stereocenters. The van der Waals surface area contributed by atoms with Gasteiger partial charge in [-0.15, -0.1) is 0 Å². The van der Waals surface area contributed by atoms with Crippen LogP contribution in [0.15, 0.2) is 60.9 Å². The van der Waals surface area contributed by atoms with E-state index in [1.165, 1.54) is 75.9 Å². The Bertz CT molecular complexity index is 3150. The smallest absolute Gasteiger partial charge is 0.256 e. The van der Waals surface area contributed by atoms with Gasteiger partial charge in [0.05, 0.1) is 58.5 Å². The number of aromatic nitrogens is 6. The monoisotopic (exact) mass is 1110 g/mol. The van der Waals surface area contributed by atoms with Crippen LogP contribution in [0.25, 0.3) is 11.3 Å². The normalized spacial score (nSPS) is 18.4. The molecule has 0 aliphatic carbocycles. The Balaban J connectivity index is 0.000000193. The maximum atomic E-state index is 13.7. The molecule has 0 unspecified atom stereocenters. The number of halogens is 3. The summed E-state index contributed by atoms with van der Waals surface area (Å²) in [4.78, 5) is 42.4. The summed E-state index contributed by atoms with van der Waals surface area (Å²) in [5, 5.41) is 13.8. The number of rotatable bonds is 9. The lowest BCUT2D eigenvalue weighted by molar-refractivity contribution is 0.0600. The summed E-state index contributed by atoms with van der Waals surface area (Å²) < 4.78 is 55.7. The number of likely N-dealkylation sites (tertiary alicyclic amines) is 2. The average Bonchev–Trinajstić information content (AvgIpc) is 3.98. The molecule has 2 aromatic carbocycles. The average molecular weight is 1110 g/mol. The van der Waals surface area contributed by atoms with Crippen LogP contribution in [-0.2, 0) is 20.0 Å². The van der Waals surface area contributed by atoms with Crippen molar-refractivity contribution in [3.63, 3.8) is 0 Å². The van der Waals surface area contributed by atoms with Gasteiger partial charge < -0.3 is 20.0 Å². The number of hydrogen-bond donors (Lipinski definition) is 3. The van der Waals surface area contributed by atoms with E-state index in [-0.39, 0.29) is 53.8 Å². The highest BCUT2D eigenvalue weighted by Gasteiger charge is 2.34. The second-order valence-corrected chi connectivity index (χ2v) is 23.9. The van der Waals surface area contributed by atoms with Crippen LogP contribution in [0, 0.1) is 13.8 Å². The molecule has 18 nitrogen and oxygen atoms in total. The van der Waals surface area contributed by atoms with Crippen LogP contribution in [-0.4, -0.2) is 119 Å². The number of hydrogen-bond acceptors (Lipinski definition) is 12. The summed E-state index contributed by atoms with van der Waals surface area (Å²) in [5.74, 6) is 0.418. The Hall–Kier alpha value is -5.25. The number of amides is 2. The van der Waals surface area contributed by atoms with Gasteiger partial charge in [0.1, 0.15) is 11.0 Å². The van der Waals surface area contributed by atoms with Crippen molar-refractivity contribution < 1.29 is 26.4 Å². The molecule has 4 fully saturated rings. The van der Waals surface area contributed by atoms with Crippen molar-refractivity contribution in [3.8, 4) is 0 Å². The van der Waals surface area contributed by atoms with Crippen molar-refractivity contribution >= 4 is 95.2 Å². The van der Waals surface area contributed by atoms with Gasteiger partial charge >= 0.3 is 0 Å². The number of anilines is 3. The molecule has 4 aliphatic rings. The van der Waals surface area contributed by atoms with Crippen molar-refractivity contribution in [1.82, 2.24) is 44.3 Å². The molecule has 4 aromatic heterocycles. The molecule has 0 radical (unpaired) electrons. The summed E-state index contributed by atoms with van der Waals surface area (Å²) in [6.45, 7) is 9.51. The van der Waals surface area contributed by atoms with E-state index in [4.69, 9.17) is 44.9 Å². The molecule has 3 N–H and O–H groups in total. The van der Waals surface area contributed by atoms with Crippen molar-refractivity contribution in [3.05, 3.63) is 110 Å². The predicted molar refractivity (Wildman–Crippen MR) is 295 cm³/mol. The maximum absolute atomic E-state index is 13.7. The fourth-order valence-corrected chi connectivity index (χ4v) is 11.5. The Kier molecular flexibility index (Phi) is 18.8. The first-order chi connectivity index (χ1) is 34.8. The largest absolute Gasteiger partial charge is 0.356 e. The van der Waals surface area contributed by atoms with Gasteiger partial charge in [-0.2, -0.15) is 10.2 Å². The summed E-state index contributed by atoms with van der Waals surface area (Å²) in [6.07, 6.45) is 18.9. The van der Waals surface area contributed by atoms with E-state index in [1.54, 1.807) is 37.2 Å². The minimum Gasteiger partial charge on any atom is -0.356 e. The summed E-state index contributed by atoms with van der Waals surface area (Å²) in [6, 6.07) is 12.4. The molecule has 23 heteroatoms. The highest BCUT2D eigenvalue weighted by Crippen LogP contribution is 2.36. The van der Waals surface area contributed by atoms with Gasteiger partial charge in [0.2, 0.25) is 20.0 Å². The number of carbonyl (C=O) groups excluding carboxylic acids is 2. The van der Waals surface area contributed by atoms with Gasteiger partial charge in [-0.3, -0.25) is 19.0 Å². The molecule has 400 valence electrons. The molecule has 74 heavy (non-hydrogen) atoms. The van der Waals surface area contributed by atoms with E-state index >= 15 is 0 Å². The number of fused-ring (bicyclic) bond motifs is 2. The topological polar surface area (TPSA) is 209 Å². The minimum absolute atomic E-state index is 0. The van der Waals surface area contributed by atoms with Gasteiger partial charge in [0.25, 0.3) is 11.8 Å². The van der Waals surface area contributed by atoms with E-state index in [2.05, 4.69) is 36.7 Å². The first kappa shape index (κ1) is 56.5. The first-order valence-electron chi connectivity index (χ1n) is 24.8. The number of nitrogens with one attached hydrogen (secondary N) is 3. The zero-order valence-electron chi connectivity index (χ0n) is 41.6. The predicted octanol–water partition coefficient (Wildman–Crippen LogP) is 9.90. The third kappa shape index (κ3) is 14.2. The van der Waals surface area contributed by atoms with Crippen LogP contribution in [0.3, 0.4) is 0 Å². The van der Waals surface area contributed by atoms with Crippen LogP contribution in [0.5, 0.6) is 0 Å². The summed E-state index contributed by atoms with van der Waals surface area (Å²) >= 11 is 18.5. The van der Waals surface area contributed by atoms with E-state index < -0.39 is 20.0 Å². The molecule has 8 heterocycles. The SMILES string of the molecule is C.C1CCNCC1.Cc1cn2nc([C@@H]3CCCCN3C(=O)c3cc(Cl)ccc3NS(C)(=O)=O)cc2nc1Cl.Cc1cn2nc([C@@H]3CCCCN3C(=O)c3cc(Cl)ccc3NS(C)(=O)=O)cc2nc1N1CCCCC1. The molecule has 6 aromatic rings. The first-order valence-corrected chi connectivity index (χ1v) is 29.7. The summed E-state index contributed by atoms with van der Waals surface area (Å²) in [7, 11) is -7.14. The van der Waals surface area contributed by atoms with Crippen LogP contribution in [0.1, 0.15) is 140 Å². The number of nitrogens with zero attached hydrogens (tertiary/aromatic N) is 9. The fourth-order valence-electron chi connectivity index (χ4n) is 9.82. The number of piperidine rings is 4. The van der Waals surface area contributed by atoms with Gasteiger partial charge in [-0.25, -0.2) is 35.8 Å². The van der Waals surface area contributed by atoms with E-state index in [0.717, 1.165) is 92.4 Å². The summed E-state index contributed by atoms with van der Waals surface area (Å²) in [5.41, 5.74) is 5.57. The van der Waals surface area contributed by atoms with Gasteiger partial charge in [0.15, 0.2) is 11.3 Å². The Morgan fingerprint density at radius 3 is 1.49 bits per heavy atom. The molecule has 10 rings (SSSR count).